The van der Waals surface area contributed by atoms with Gasteiger partial charge in [0, 0.05) is 12.8 Å². The lowest BCUT2D eigenvalue weighted by atomic mass is 10.1. The Morgan fingerprint density at radius 2 is 1.18 bits per heavy atom. The molecule has 0 aromatic carbocycles. The summed E-state index contributed by atoms with van der Waals surface area (Å²) in [5.74, 6) is -0.266. The number of ether oxygens (including phenoxy) is 2. The van der Waals surface area contributed by atoms with Crippen molar-refractivity contribution < 1.29 is 19.1 Å². The van der Waals surface area contributed by atoms with Gasteiger partial charge in [0.05, 0.1) is 6.61 Å². The Labute approximate surface area is 174 Å². The van der Waals surface area contributed by atoms with Gasteiger partial charge in [-0.2, -0.15) is 0 Å². The Kier molecular flexibility index (Phi) is 19.9. The lowest BCUT2D eigenvalue weighted by molar-refractivity contribution is -0.150. The van der Waals surface area contributed by atoms with E-state index >= 15 is 0 Å². The van der Waals surface area contributed by atoms with E-state index in [4.69, 9.17) is 9.47 Å². The lowest BCUT2D eigenvalue weighted by Gasteiger charge is -2.16. The number of hydrogen-bond donors (Lipinski definition) is 0. The zero-order valence-electron chi connectivity index (χ0n) is 18.9. The van der Waals surface area contributed by atoms with E-state index in [1.54, 1.807) is 0 Å². The third-order valence-electron chi connectivity index (χ3n) is 5.16. The normalized spacial score (nSPS) is 12.0. The highest BCUT2D eigenvalue weighted by atomic mass is 16.5. The van der Waals surface area contributed by atoms with Gasteiger partial charge in [-0.05, 0) is 38.5 Å². The fraction of sp³-hybridized carbons (Fsp3) is 0.917. The number of esters is 2. The summed E-state index contributed by atoms with van der Waals surface area (Å²) in [4.78, 5) is 23.6. The van der Waals surface area contributed by atoms with E-state index < -0.39 is 0 Å². The molecule has 4 nitrogen and oxygen atoms in total. The Morgan fingerprint density at radius 1 is 0.643 bits per heavy atom. The summed E-state index contributed by atoms with van der Waals surface area (Å²) < 4.78 is 10.8. The maximum atomic E-state index is 11.9. The highest BCUT2D eigenvalue weighted by molar-refractivity contribution is 5.70. The number of unbranched alkanes of at least 4 members (excludes halogenated alkanes) is 10. The summed E-state index contributed by atoms with van der Waals surface area (Å²) in [6.45, 7) is 7.00. The Hall–Kier alpha value is -1.06. The number of carbonyl (C=O) groups excluding carboxylic acids is 2. The summed E-state index contributed by atoms with van der Waals surface area (Å²) in [5, 5.41) is 0. The molecule has 28 heavy (non-hydrogen) atoms. The minimum atomic E-state index is -0.137. The van der Waals surface area contributed by atoms with Crippen LogP contribution in [0.25, 0.3) is 0 Å². The summed E-state index contributed by atoms with van der Waals surface area (Å²) in [6, 6.07) is 0. The molecule has 0 rings (SSSR count). The first-order valence-electron chi connectivity index (χ1n) is 12.0. The standard InChI is InChI=1S/C24H46O4/c1-4-7-9-10-11-12-13-17-21-27-23(25)19-15-16-20-24(26)28-22(6-3)18-14-8-5-2/h22H,4-21H2,1-3H3. The van der Waals surface area contributed by atoms with E-state index in [9.17, 15) is 9.59 Å². The first-order chi connectivity index (χ1) is 13.6. The van der Waals surface area contributed by atoms with E-state index in [1.807, 2.05) is 0 Å². The number of hydrogen-bond acceptors (Lipinski definition) is 4. The van der Waals surface area contributed by atoms with Crippen molar-refractivity contribution in [2.75, 3.05) is 6.61 Å². The smallest absolute Gasteiger partial charge is 0.306 e. The molecule has 0 saturated carbocycles. The molecule has 1 atom stereocenters. The van der Waals surface area contributed by atoms with Gasteiger partial charge in [0.15, 0.2) is 0 Å². The van der Waals surface area contributed by atoms with Gasteiger partial charge < -0.3 is 9.47 Å². The molecule has 0 saturated heterocycles. The Balaban J connectivity index is 3.51. The third-order valence-corrected chi connectivity index (χ3v) is 5.16. The molecule has 0 radical (unpaired) electrons. The molecule has 166 valence electrons. The van der Waals surface area contributed by atoms with Crippen LogP contribution >= 0.6 is 0 Å². The highest BCUT2D eigenvalue weighted by Crippen LogP contribution is 2.13. The van der Waals surface area contributed by atoms with Crippen molar-refractivity contribution in [2.45, 2.75) is 136 Å². The molecule has 1 unspecified atom stereocenters. The maximum Gasteiger partial charge on any atom is 0.306 e. The highest BCUT2D eigenvalue weighted by Gasteiger charge is 2.12. The molecule has 0 heterocycles. The molecular formula is C24H46O4. The summed E-state index contributed by atoms with van der Waals surface area (Å²) in [5.41, 5.74) is 0. The molecule has 4 heteroatoms. The zero-order chi connectivity index (χ0) is 20.9. The van der Waals surface area contributed by atoms with E-state index in [1.165, 1.54) is 51.4 Å². The second kappa shape index (κ2) is 20.7. The van der Waals surface area contributed by atoms with Gasteiger partial charge in [0.25, 0.3) is 0 Å². The third kappa shape index (κ3) is 18.3. The summed E-state index contributed by atoms with van der Waals surface area (Å²) >= 11 is 0. The SMILES string of the molecule is CCCCCCCCCCOC(=O)CCCCC(=O)OC(CC)CCCCC. The van der Waals surface area contributed by atoms with Crippen LogP contribution < -0.4 is 0 Å². The van der Waals surface area contributed by atoms with Gasteiger partial charge in [0.1, 0.15) is 6.10 Å². The predicted molar refractivity (Wildman–Crippen MR) is 116 cm³/mol. The second-order valence-corrected chi connectivity index (χ2v) is 7.92. The van der Waals surface area contributed by atoms with Crippen molar-refractivity contribution in [1.29, 1.82) is 0 Å². The van der Waals surface area contributed by atoms with Crippen LogP contribution in [-0.4, -0.2) is 24.6 Å². The van der Waals surface area contributed by atoms with Crippen LogP contribution in [0.3, 0.4) is 0 Å². The van der Waals surface area contributed by atoms with Crippen LogP contribution in [-0.2, 0) is 19.1 Å². The van der Waals surface area contributed by atoms with Crippen LogP contribution in [0.2, 0.25) is 0 Å². The van der Waals surface area contributed by atoms with E-state index in [2.05, 4.69) is 20.8 Å². The zero-order valence-corrected chi connectivity index (χ0v) is 18.9. The van der Waals surface area contributed by atoms with Gasteiger partial charge in [-0.25, -0.2) is 0 Å². The summed E-state index contributed by atoms with van der Waals surface area (Å²) in [7, 11) is 0. The van der Waals surface area contributed by atoms with Crippen molar-refractivity contribution in [3.05, 3.63) is 0 Å². The molecule has 0 aromatic rings. The number of rotatable bonds is 20. The van der Waals surface area contributed by atoms with Crippen molar-refractivity contribution in [2.24, 2.45) is 0 Å². The molecule has 0 N–H and O–H groups in total. The quantitative estimate of drug-likeness (QED) is 0.162. The topological polar surface area (TPSA) is 52.6 Å². The van der Waals surface area contributed by atoms with Crippen LogP contribution in [0.1, 0.15) is 130 Å². The molecule has 0 aliphatic carbocycles. The fourth-order valence-corrected chi connectivity index (χ4v) is 3.25. The molecule has 0 spiro atoms. The van der Waals surface area contributed by atoms with Gasteiger partial charge in [0.2, 0.25) is 0 Å². The first-order valence-corrected chi connectivity index (χ1v) is 12.0. The molecule has 0 aliphatic rings. The van der Waals surface area contributed by atoms with Gasteiger partial charge in [-0.3, -0.25) is 9.59 Å². The molecule has 0 aliphatic heterocycles. The average Bonchev–Trinajstić information content (AvgIpc) is 2.69. The monoisotopic (exact) mass is 398 g/mol. The van der Waals surface area contributed by atoms with Gasteiger partial charge in [-0.15, -0.1) is 0 Å². The molecule has 0 fully saturated rings. The number of carbonyl (C=O) groups is 2. The molecule has 0 bridgehead atoms. The minimum absolute atomic E-state index is 0.0515. The van der Waals surface area contributed by atoms with Crippen LogP contribution in [0.15, 0.2) is 0 Å². The maximum absolute atomic E-state index is 11.9. The Morgan fingerprint density at radius 3 is 1.79 bits per heavy atom. The lowest BCUT2D eigenvalue weighted by Crippen LogP contribution is -2.17. The predicted octanol–water partition coefficient (Wildman–Crippen LogP) is 7.13. The average molecular weight is 399 g/mol. The van der Waals surface area contributed by atoms with Crippen LogP contribution in [0.5, 0.6) is 0 Å². The molecule has 0 aromatic heterocycles. The minimum Gasteiger partial charge on any atom is -0.466 e. The van der Waals surface area contributed by atoms with Gasteiger partial charge in [-0.1, -0.05) is 78.6 Å². The van der Waals surface area contributed by atoms with E-state index in [-0.39, 0.29) is 18.0 Å². The summed E-state index contributed by atoms with van der Waals surface area (Å²) in [6.07, 6.45) is 17.5. The Bertz CT molecular complexity index is 368. The van der Waals surface area contributed by atoms with Crippen LogP contribution in [0, 0.1) is 0 Å². The van der Waals surface area contributed by atoms with Crippen molar-refractivity contribution in [3.8, 4) is 0 Å². The van der Waals surface area contributed by atoms with E-state index in [0.717, 1.165) is 32.1 Å². The first kappa shape index (κ1) is 26.9. The molecular weight excluding hydrogens is 352 g/mol. The van der Waals surface area contributed by atoms with Crippen molar-refractivity contribution in [1.82, 2.24) is 0 Å². The van der Waals surface area contributed by atoms with Crippen LogP contribution in [0.4, 0.5) is 0 Å². The van der Waals surface area contributed by atoms with Crippen molar-refractivity contribution in [3.63, 3.8) is 0 Å². The van der Waals surface area contributed by atoms with E-state index in [0.29, 0.717) is 32.3 Å². The fourth-order valence-electron chi connectivity index (χ4n) is 3.25. The second-order valence-electron chi connectivity index (χ2n) is 7.92. The molecule has 0 amide bonds. The van der Waals surface area contributed by atoms with Gasteiger partial charge >= 0.3 is 11.9 Å². The largest absolute Gasteiger partial charge is 0.466 e. The van der Waals surface area contributed by atoms with Crippen molar-refractivity contribution >= 4 is 11.9 Å².